The lowest BCUT2D eigenvalue weighted by Crippen LogP contribution is -2.29. The average Bonchev–Trinajstić information content (AvgIpc) is 3.17. The number of aromatic nitrogens is 2. The first kappa shape index (κ1) is 17.7. The number of pyridine rings is 1. The van der Waals surface area contributed by atoms with Gasteiger partial charge in [-0.3, -0.25) is 9.78 Å². The second-order valence-electron chi connectivity index (χ2n) is 6.23. The van der Waals surface area contributed by atoms with Crippen LogP contribution in [0.1, 0.15) is 53.2 Å². The molecule has 6 nitrogen and oxygen atoms in total. The van der Waals surface area contributed by atoms with Crippen molar-refractivity contribution in [3.8, 4) is 5.75 Å². The normalized spacial score (nSPS) is 12.0. The van der Waals surface area contributed by atoms with Crippen LogP contribution < -0.4 is 10.1 Å². The number of benzene rings is 1. The van der Waals surface area contributed by atoms with Gasteiger partial charge in [-0.2, -0.15) is 0 Å². The Hall–Kier alpha value is -3.15. The van der Waals surface area contributed by atoms with Gasteiger partial charge in [0, 0.05) is 18.5 Å². The number of ether oxygens (including phenoxy) is 1. The molecular weight excluding hydrogens is 330 g/mol. The number of nitrogens with zero attached hydrogens (tertiary/aromatic N) is 2. The molecule has 0 fully saturated rings. The van der Waals surface area contributed by atoms with E-state index in [0.717, 1.165) is 22.6 Å². The Balaban J connectivity index is 1.88. The minimum absolute atomic E-state index is 0.192. The fourth-order valence-corrected chi connectivity index (χ4v) is 2.58. The number of hydrogen-bond donors (Lipinski definition) is 1. The van der Waals surface area contributed by atoms with Crippen LogP contribution in [-0.4, -0.2) is 23.2 Å². The first-order valence-corrected chi connectivity index (χ1v) is 8.40. The van der Waals surface area contributed by atoms with Crippen LogP contribution in [0.4, 0.5) is 0 Å². The summed E-state index contributed by atoms with van der Waals surface area (Å²) in [5.74, 6) is 0.826. The molecule has 0 radical (unpaired) electrons. The first-order chi connectivity index (χ1) is 12.6. The fraction of sp³-hybridized carbons (Fsp3) is 0.250. The summed E-state index contributed by atoms with van der Waals surface area (Å²) in [4.78, 5) is 16.7. The van der Waals surface area contributed by atoms with E-state index in [4.69, 9.17) is 9.26 Å². The Kier molecular flexibility index (Phi) is 5.31. The minimum atomic E-state index is -0.344. The lowest BCUT2D eigenvalue weighted by molar-refractivity contribution is 0.0905. The van der Waals surface area contributed by atoms with Crippen LogP contribution in [-0.2, 0) is 0 Å². The molecule has 1 aromatic carbocycles. The smallest absolute Gasteiger partial charge is 0.290 e. The van der Waals surface area contributed by atoms with Crippen molar-refractivity contribution in [1.29, 1.82) is 0 Å². The van der Waals surface area contributed by atoms with Crippen LogP contribution in [0.15, 0.2) is 59.4 Å². The van der Waals surface area contributed by atoms with Crippen LogP contribution in [0, 0.1) is 0 Å². The second kappa shape index (κ2) is 7.82. The highest BCUT2D eigenvalue weighted by atomic mass is 16.5. The van der Waals surface area contributed by atoms with Crippen molar-refractivity contribution >= 4 is 5.91 Å². The van der Waals surface area contributed by atoms with Gasteiger partial charge in [0.25, 0.3) is 5.91 Å². The van der Waals surface area contributed by atoms with Gasteiger partial charge in [0.2, 0.25) is 5.76 Å². The van der Waals surface area contributed by atoms with Crippen LogP contribution in [0.5, 0.6) is 5.75 Å². The van der Waals surface area contributed by atoms with Crippen molar-refractivity contribution in [3.63, 3.8) is 0 Å². The number of amides is 1. The van der Waals surface area contributed by atoms with Crippen molar-refractivity contribution in [2.75, 3.05) is 7.11 Å². The summed E-state index contributed by atoms with van der Waals surface area (Å²) in [5, 5.41) is 6.96. The minimum Gasteiger partial charge on any atom is -0.497 e. The van der Waals surface area contributed by atoms with Crippen LogP contribution in [0.2, 0.25) is 0 Å². The number of hydrogen-bond acceptors (Lipinski definition) is 5. The quantitative estimate of drug-likeness (QED) is 0.732. The summed E-state index contributed by atoms with van der Waals surface area (Å²) in [5.41, 5.74) is 2.59. The molecule has 0 saturated carbocycles. The average molecular weight is 351 g/mol. The molecule has 1 unspecified atom stereocenters. The monoisotopic (exact) mass is 351 g/mol. The summed E-state index contributed by atoms with van der Waals surface area (Å²) in [6.07, 6.45) is 3.40. The molecule has 6 heteroatoms. The van der Waals surface area contributed by atoms with Gasteiger partial charge in [0.15, 0.2) is 0 Å². The predicted octanol–water partition coefficient (Wildman–Crippen LogP) is 3.72. The molecule has 0 aliphatic rings. The van der Waals surface area contributed by atoms with E-state index in [-0.39, 0.29) is 23.6 Å². The molecule has 1 amide bonds. The molecule has 0 bridgehead atoms. The van der Waals surface area contributed by atoms with E-state index in [9.17, 15) is 4.79 Å². The van der Waals surface area contributed by atoms with Crippen molar-refractivity contribution in [2.45, 2.75) is 25.8 Å². The lowest BCUT2D eigenvalue weighted by atomic mass is 9.99. The van der Waals surface area contributed by atoms with Crippen molar-refractivity contribution in [3.05, 3.63) is 77.4 Å². The Bertz CT molecular complexity index is 858. The van der Waals surface area contributed by atoms with Crippen LogP contribution in [0.3, 0.4) is 0 Å². The highest BCUT2D eigenvalue weighted by molar-refractivity contribution is 5.92. The number of rotatable bonds is 6. The zero-order valence-corrected chi connectivity index (χ0v) is 15.0. The van der Waals surface area contributed by atoms with E-state index in [1.54, 1.807) is 25.6 Å². The highest BCUT2D eigenvalue weighted by Gasteiger charge is 2.21. The van der Waals surface area contributed by atoms with Gasteiger partial charge in [-0.15, -0.1) is 0 Å². The zero-order valence-electron chi connectivity index (χ0n) is 15.0. The van der Waals surface area contributed by atoms with Crippen molar-refractivity contribution in [2.24, 2.45) is 0 Å². The maximum Gasteiger partial charge on any atom is 0.290 e. The standard InChI is InChI=1S/C20H21N3O3/c1-13(2)17-12-18(26-23-17)20(24)22-19(15-8-10-21-11-9-15)14-4-6-16(25-3)7-5-14/h4-13,19H,1-3H3,(H,22,24). The summed E-state index contributed by atoms with van der Waals surface area (Å²) in [6.45, 7) is 3.99. The molecule has 0 aliphatic heterocycles. The molecule has 2 heterocycles. The van der Waals surface area contributed by atoms with Gasteiger partial charge in [0.05, 0.1) is 18.8 Å². The summed E-state index contributed by atoms with van der Waals surface area (Å²) in [7, 11) is 1.62. The van der Waals surface area contributed by atoms with Gasteiger partial charge in [0.1, 0.15) is 5.75 Å². The van der Waals surface area contributed by atoms with E-state index in [0.29, 0.717) is 0 Å². The van der Waals surface area contributed by atoms with Gasteiger partial charge in [-0.05, 0) is 41.3 Å². The third kappa shape index (κ3) is 3.91. The molecule has 0 spiro atoms. The summed E-state index contributed by atoms with van der Waals surface area (Å²) in [6, 6.07) is 12.6. The van der Waals surface area contributed by atoms with Gasteiger partial charge < -0.3 is 14.6 Å². The molecule has 0 saturated heterocycles. The van der Waals surface area contributed by atoms with Gasteiger partial charge in [-0.1, -0.05) is 31.1 Å². The number of nitrogens with one attached hydrogen (secondary N) is 1. The van der Waals surface area contributed by atoms with Crippen molar-refractivity contribution in [1.82, 2.24) is 15.5 Å². The van der Waals surface area contributed by atoms with E-state index >= 15 is 0 Å². The Morgan fingerprint density at radius 3 is 2.31 bits per heavy atom. The molecule has 0 aliphatic carbocycles. The topological polar surface area (TPSA) is 77.2 Å². The third-order valence-electron chi connectivity index (χ3n) is 4.11. The van der Waals surface area contributed by atoms with E-state index < -0.39 is 0 Å². The maximum atomic E-state index is 12.7. The highest BCUT2D eigenvalue weighted by Crippen LogP contribution is 2.24. The molecule has 1 N–H and O–H groups in total. The Labute approximate surface area is 152 Å². The van der Waals surface area contributed by atoms with Gasteiger partial charge >= 0.3 is 0 Å². The van der Waals surface area contributed by atoms with Crippen LogP contribution in [0.25, 0.3) is 0 Å². The Morgan fingerprint density at radius 2 is 1.73 bits per heavy atom. The summed E-state index contributed by atoms with van der Waals surface area (Å²) >= 11 is 0. The number of carbonyl (C=O) groups excluding carboxylic acids is 1. The summed E-state index contributed by atoms with van der Waals surface area (Å²) < 4.78 is 10.4. The van der Waals surface area contributed by atoms with E-state index in [2.05, 4.69) is 15.5 Å². The second-order valence-corrected chi connectivity index (χ2v) is 6.23. The van der Waals surface area contributed by atoms with E-state index in [1.807, 2.05) is 50.2 Å². The van der Waals surface area contributed by atoms with E-state index in [1.165, 1.54) is 0 Å². The number of carbonyl (C=O) groups is 1. The first-order valence-electron chi connectivity index (χ1n) is 8.40. The molecule has 2 aromatic heterocycles. The molecule has 26 heavy (non-hydrogen) atoms. The zero-order chi connectivity index (χ0) is 18.5. The fourth-order valence-electron chi connectivity index (χ4n) is 2.58. The lowest BCUT2D eigenvalue weighted by Gasteiger charge is -2.19. The molecule has 134 valence electrons. The third-order valence-corrected chi connectivity index (χ3v) is 4.11. The number of methoxy groups -OCH3 is 1. The molecule has 3 rings (SSSR count). The molecule has 1 atom stereocenters. The Morgan fingerprint density at radius 1 is 1.08 bits per heavy atom. The SMILES string of the molecule is COc1ccc(C(NC(=O)c2cc(C(C)C)no2)c2ccncc2)cc1. The largest absolute Gasteiger partial charge is 0.497 e. The molecule has 3 aromatic rings. The maximum absolute atomic E-state index is 12.7. The molecular formula is C20H21N3O3. The van der Waals surface area contributed by atoms with Crippen molar-refractivity contribution < 1.29 is 14.1 Å². The van der Waals surface area contributed by atoms with Crippen LogP contribution >= 0.6 is 0 Å². The van der Waals surface area contributed by atoms with Gasteiger partial charge in [-0.25, -0.2) is 0 Å². The predicted molar refractivity (Wildman–Crippen MR) is 97.1 cm³/mol.